The van der Waals surface area contributed by atoms with Crippen LogP contribution in [0.25, 0.3) is 5.57 Å². The topological polar surface area (TPSA) is 145 Å². The Bertz CT molecular complexity index is 895. The Morgan fingerprint density at radius 1 is 1.23 bits per heavy atom. The molecule has 0 radical (unpaired) electrons. The first-order chi connectivity index (χ1) is 12.4. The van der Waals surface area contributed by atoms with Gasteiger partial charge in [0.15, 0.2) is 0 Å². The maximum absolute atomic E-state index is 11.8. The molecule has 2 aromatic rings. The molecule has 1 atom stereocenters. The van der Waals surface area contributed by atoms with Gasteiger partial charge in [-0.2, -0.15) is 0 Å². The molecule has 1 heterocycles. The Kier molecular flexibility index (Phi) is 4.56. The van der Waals surface area contributed by atoms with Gasteiger partial charge >= 0.3 is 0 Å². The minimum absolute atomic E-state index is 0.00512. The largest absolute Gasteiger partial charge is 0.508 e. The number of nitrogens with two attached hydrogens (primary N) is 1. The van der Waals surface area contributed by atoms with Crippen LogP contribution in [0.4, 0.5) is 0 Å². The van der Waals surface area contributed by atoms with Gasteiger partial charge in [-0.1, -0.05) is 18.2 Å². The van der Waals surface area contributed by atoms with E-state index in [9.17, 15) is 20.1 Å². The molecule has 1 aliphatic heterocycles. The Labute approximate surface area is 148 Å². The van der Waals surface area contributed by atoms with Gasteiger partial charge in [-0.15, -0.1) is 0 Å². The Morgan fingerprint density at radius 3 is 2.69 bits per heavy atom. The van der Waals surface area contributed by atoms with Crippen LogP contribution in [0.3, 0.4) is 0 Å². The molecule has 0 spiro atoms. The number of phenols is 2. The minimum atomic E-state index is -2.01. The van der Waals surface area contributed by atoms with E-state index in [1.807, 2.05) is 0 Å². The van der Waals surface area contributed by atoms with Gasteiger partial charge in [-0.05, 0) is 17.2 Å². The monoisotopic (exact) mass is 358 g/mol. The highest BCUT2D eigenvalue weighted by atomic mass is 16.5. The lowest BCUT2D eigenvalue weighted by molar-refractivity contribution is -0.133. The van der Waals surface area contributed by atoms with Crippen molar-refractivity contribution in [2.24, 2.45) is 5.73 Å². The number of phenolic OH excluding ortho intramolecular Hbond substituents is 2. The van der Waals surface area contributed by atoms with Crippen molar-refractivity contribution in [3.63, 3.8) is 0 Å². The lowest BCUT2D eigenvalue weighted by atomic mass is 9.78. The number of hydrogen-bond donors (Lipinski definition) is 6. The van der Waals surface area contributed by atoms with Crippen molar-refractivity contribution in [3.8, 4) is 17.2 Å². The van der Waals surface area contributed by atoms with Gasteiger partial charge in [0.25, 0.3) is 0 Å². The lowest BCUT2D eigenvalue weighted by Gasteiger charge is -2.35. The van der Waals surface area contributed by atoms with Crippen LogP contribution in [0.15, 0.2) is 42.7 Å². The molecule has 2 aromatic carbocycles. The van der Waals surface area contributed by atoms with Crippen LogP contribution < -0.4 is 16.0 Å². The second-order valence-corrected chi connectivity index (χ2v) is 5.96. The van der Waals surface area contributed by atoms with Crippen LogP contribution in [0.2, 0.25) is 0 Å². The number of ether oxygens (including phenoxy) is 1. The number of rotatable bonds is 4. The van der Waals surface area contributed by atoms with E-state index in [1.54, 1.807) is 24.3 Å². The minimum Gasteiger partial charge on any atom is -0.508 e. The summed E-state index contributed by atoms with van der Waals surface area (Å²) in [6.07, 6.45) is 0.651. The zero-order chi connectivity index (χ0) is 18.9. The molecule has 136 valence electrons. The third-order valence-electron chi connectivity index (χ3n) is 4.24. The summed E-state index contributed by atoms with van der Waals surface area (Å²) in [6, 6.07) is 9.19. The molecule has 1 amide bonds. The van der Waals surface area contributed by atoms with E-state index in [1.165, 1.54) is 17.8 Å². The van der Waals surface area contributed by atoms with Crippen molar-refractivity contribution >= 4 is 11.5 Å². The predicted octanol–water partition coefficient (Wildman–Crippen LogP) is 1.07. The quantitative estimate of drug-likeness (QED) is 0.354. The van der Waals surface area contributed by atoms with Gasteiger partial charge in [-0.25, -0.2) is 5.48 Å². The third-order valence-corrected chi connectivity index (χ3v) is 4.24. The summed E-state index contributed by atoms with van der Waals surface area (Å²) in [5.74, 6) is -1.59. The number of carbonyl (C=O) groups is 1. The fourth-order valence-electron chi connectivity index (χ4n) is 3.08. The highest BCUT2D eigenvalue weighted by Gasteiger charge is 2.44. The molecule has 0 fully saturated rings. The second-order valence-electron chi connectivity index (χ2n) is 5.96. The molecule has 1 unspecified atom stereocenters. The number of benzene rings is 2. The van der Waals surface area contributed by atoms with Crippen LogP contribution in [0.1, 0.15) is 23.1 Å². The van der Waals surface area contributed by atoms with E-state index >= 15 is 0 Å². The number of nitrogens with one attached hydrogen (secondary N) is 1. The fraction of sp³-hybridized carbons (Fsp3) is 0.167. The summed E-state index contributed by atoms with van der Waals surface area (Å²) in [5.41, 5.74) is 6.55. The molecule has 26 heavy (non-hydrogen) atoms. The lowest BCUT2D eigenvalue weighted by Crippen LogP contribution is -2.37. The average Bonchev–Trinajstić information content (AvgIpc) is 2.60. The van der Waals surface area contributed by atoms with Crippen LogP contribution in [-0.2, 0) is 16.9 Å². The van der Waals surface area contributed by atoms with E-state index in [2.05, 4.69) is 0 Å². The summed E-state index contributed by atoms with van der Waals surface area (Å²) in [5, 5.41) is 40.2. The number of amides is 1. The first-order valence-corrected chi connectivity index (χ1v) is 7.77. The maximum Gasteiger partial charge on any atom is 0.246 e. The fourth-order valence-corrected chi connectivity index (χ4v) is 3.08. The van der Waals surface area contributed by atoms with Crippen LogP contribution in [0, 0.1) is 0 Å². The molecule has 0 saturated carbocycles. The summed E-state index contributed by atoms with van der Waals surface area (Å²) < 4.78 is 5.47. The van der Waals surface area contributed by atoms with Crippen LogP contribution >= 0.6 is 0 Å². The highest BCUT2D eigenvalue weighted by Crippen LogP contribution is 2.51. The molecule has 0 saturated heterocycles. The van der Waals surface area contributed by atoms with Crippen LogP contribution in [-0.4, -0.2) is 26.4 Å². The first kappa shape index (κ1) is 17.7. The zero-order valence-electron chi connectivity index (χ0n) is 13.6. The molecule has 0 aromatic heterocycles. The Balaban J connectivity index is 2.20. The molecule has 1 aliphatic rings. The van der Waals surface area contributed by atoms with Gasteiger partial charge in [0, 0.05) is 24.3 Å². The van der Waals surface area contributed by atoms with E-state index in [-0.39, 0.29) is 29.2 Å². The highest BCUT2D eigenvalue weighted by molar-refractivity contribution is 5.85. The van der Waals surface area contributed by atoms with E-state index in [0.29, 0.717) is 5.56 Å². The van der Waals surface area contributed by atoms with Gasteiger partial charge in [-0.3, -0.25) is 10.0 Å². The molecule has 8 heteroatoms. The molecule has 0 aliphatic carbocycles. The summed E-state index contributed by atoms with van der Waals surface area (Å²) >= 11 is 0. The number of carbonyl (C=O) groups excluding carboxylic acids is 1. The van der Waals surface area contributed by atoms with E-state index < -0.39 is 23.7 Å². The summed E-state index contributed by atoms with van der Waals surface area (Å²) in [4.78, 5) is 11.8. The van der Waals surface area contributed by atoms with Gasteiger partial charge < -0.3 is 25.8 Å². The van der Waals surface area contributed by atoms with Crippen molar-refractivity contribution in [1.29, 1.82) is 0 Å². The van der Waals surface area contributed by atoms with Gasteiger partial charge in [0.1, 0.15) is 22.8 Å². The maximum atomic E-state index is 11.8. The molecular formula is C18H18N2O6. The number of hydrogen-bond acceptors (Lipinski definition) is 7. The number of aliphatic hydroxyl groups is 1. The molecule has 8 nitrogen and oxygen atoms in total. The standard InChI is InChI=1S/C18H18N2O6/c19-8-10-2-1-3-11(4-10)13-9-26-15-6-12(21)5-14(22)17(15)18(13,24)7-16(23)20-25/h1-6,9,21-22,24-25H,7-8,19H2,(H,20,23). The van der Waals surface area contributed by atoms with Crippen molar-refractivity contribution in [2.75, 3.05) is 0 Å². The van der Waals surface area contributed by atoms with Gasteiger partial charge in [0.05, 0.1) is 18.2 Å². The summed E-state index contributed by atoms with van der Waals surface area (Å²) in [7, 11) is 0. The SMILES string of the molecule is NCc1cccc(C2=COc3cc(O)cc(O)c3C2(O)CC(=O)NO)c1. The van der Waals surface area contributed by atoms with E-state index in [4.69, 9.17) is 15.7 Å². The number of fused-ring (bicyclic) bond motifs is 1. The molecule has 0 bridgehead atoms. The van der Waals surface area contributed by atoms with E-state index in [0.717, 1.165) is 11.6 Å². The number of aromatic hydroxyl groups is 2. The zero-order valence-corrected chi connectivity index (χ0v) is 13.6. The average molecular weight is 358 g/mol. The first-order valence-electron chi connectivity index (χ1n) is 7.77. The Hall–Kier alpha value is -3.07. The summed E-state index contributed by atoms with van der Waals surface area (Å²) in [6.45, 7) is 0.271. The van der Waals surface area contributed by atoms with Gasteiger partial charge in [0.2, 0.25) is 5.91 Å². The molecular weight excluding hydrogens is 340 g/mol. The van der Waals surface area contributed by atoms with Crippen molar-refractivity contribution in [3.05, 3.63) is 59.4 Å². The molecule has 7 N–H and O–H groups in total. The normalized spacial score (nSPS) is 18.5. The predicted molar refractivity (Wildman–Crippen MR) is 91.2 cm³/mol. The third kappa shape index (κ3) is 2.97. The molecule has 3 rings (SSSR count). The smallest absolute Gasteiger partial charge is 0.246 e. The Morgan fingerprint density at radius 2 is 2.00 bits per heavy atom. The van der Waals surface area contributed by atoms with Crippen molar-refractivity contribution in [2.45, 2.75) is 18.6 Å². The van der Waals surface area contributed by atoms with Crippen LogP contribution in [0.5, 0.6) is 17.2 Å². The van der Waals surface area contributed by atoms with Crippen molar-refractivity contribution < 1.29 is 30.1 Å². The number of hydroxylamine groups is 1. The van der Waals surface area contributed by atoms with Crippen molar-refractivity contribution in [1.82, 2.24) is 5.48 Å². The second kappa shape index (κ2) is 6.68.